The predicted molar refractivity (Wildman–Crippen MR) is 51.8 cm³/mol. The van der Waals surface area contributed by atoms with Crippen LogP contribution in [0.15, 0.2) is 12.3 Å². The normalized spacial score (nSPS) is 14.0. The summed E-state index contributed by atoms with van der Waals surface area (Å²) in [7, 11) is 1.37. The van der Waals surface area contributed by atoms with E-state index in [-0.39, 0.29) is 11.4 Å². The van der Waals surface area contributed by atoms with E-state index in [4.69, 9.17) is 20.8 Å². The summed E-state index contributed by atoms with van der Waals surface area (Å²) in [6, 6.07) is 2.92. The van der Waals surface area contributed by atoms with E-state index in [1.807, 2.05) is 0 Å². The molecule has 0 aliphatic carbocycles. The molecule has 80 valence electrons. The van der Waals surface area contributed by atoms with Crippen molar-refractivity contribution in [2.45, 2.75) is 12.2 Å². The summed E-state index contributed by atoms with van der Waals surface area (Å²) in [5, 5.41) is 27.2. The standard InChI is InChI=1S/C9H11N3O3/c1-15-9-6(2-5(11)4-12-9)8(14)7(13)3-10/h2,4,7-8,13-14H,11H2,1H3. The fourth-order valence-corrected chi connectivity index (χ4v) is 1.11. The summed E-state index contributed by atoms with van der Waals surface area (Å²) in [4.78, 5) is 3.81. The number of anilines is 1. The molecule has 1 aromatic heterocycles. The molecule has 0 fully saturated rings. The molecule has 0 spiro atoms. The maximum absolute atomic E-state index is 9.58. The van der Waals surface area contributed by atoms with Crippen molar-refractivity contribution in [3.8, 4) is 11.9 Å². The van der Waals surface area contributed by atoms with Crippen molar-refractivity contribution in [3.05, 3.63) is 17.8 Å². The molecule has 0 aliphatic heterocycles. The van der Waals surface area contributed by atoms with Crippen LogP contribution in [0.25, 0.3) is 0 Å². The van der Waals surface area contributed by atoms with E-state index in [1.165, 1.54) is 25.4 Å². The number of aliphatic hydroxyl groups excluding tert-OH is 2. The Kier molecular flexibility index (Phi) is 3.44. The van der Waals surface area contributed by atoms with Crippen LogP contribution in [0.4, 0.5) is 5.69 Å². The van der Waals surface area contributed by atoms with Crippen molar-refractivity contribution in [2.24, 2.45) is 0 Å². The zero-order valence-electron chi connectivity index (χ0n) is 8.08. The summed E-state index contributed by atoms with van der Waals surface area (Å²) in [6.45, 7) is 0. The molecule has 6 heteroatoms. The van der Waals surface area contributed by atoms with Crippen molar-refractivity contribution >= 4 is 5.69 Å². The maximum atomic E-state index is 9.58. The number of nitriles is 1. The minimum Gasteiger partial charge on any atom is -0.481 e. The zero-order valence-corrected chi connectivity index (χ0v) is 8.08. The van der Waals surface area contributed by atoms with Gasteiger partial charge in [-0.3, -0.25) is 0 Å². The van der Waals surface area contributed by atoms with Gasteiger partial charge in [-0.05, 0) is 6.07 Å². The van der Waals surface area contributed by atoms with Gasteiger partial charge in [-0.25, -0.2) is 4.98 Å². The molecule has 0 aliphatic rings. The summed E-state index contributed by atoms with van der Waals surface area (Å²) < 4.78 is 4.87. The Morgan fingerprint density at radius 1 is 1.60 bits per heavy atom. The van der Waals surface area contributed by atoms with Gasteiger partial charge in [-0.1, -0.05) is 0 Å². The number of pyridine rings is 1. The lowest BCUT2D eigenvalue weighted by Crippen LogP contribution is -2.17. The van der Waals surface area contributed by atoms with Crippen LogP contribution in [0.1, 0.15) is 11.7 Å². The van der Waals surface area contributed by atoms with Gasteiger partial charge in [0.1, 0.15) is 6.10 Å². The van der Waals surface area contributed by atoms with Gasteiger partial charge >= 0.3 is 0 Å². The minimum absolute atomic E-state index is 0.131. The molecular formula is C9H11N3O3. The lowest BCUT2D eigenvalue weighted by atomic mass is 10.1. The molecule has 0 radical (unpaired) electrons. The highest BCUT2D eigenvalue weighted by molar-refractivity contribution is 5.44. The zero-order chi connectivity index (χ0) is 11.4. The molecule has 6 nitrogen and oxygen atoms in total. The summed E-state index contributed by atoms with van der Waals surface area (Å²) in [5.74, 6) is 0.131. The first-order valence-electron chi connectivity index (χ1n) is 4.15. The number of methoxy groups -OCH3 is 1. The molecular weight excluding hydrogens is 198 g/mol. The van der Waals surface area contributed by atoms with Crippen molar-refractivity contribution in [1.82, 2.24) is 4.98 Å². The van der Waals surface area contributed by atoms with Crippen molar-refractivity contribution in [2.75, 3.05) is 12.8 Å². The van der Waals surface area contributed by atoms with Crippen LogP contribution in [0.2, 0.25) is 0 Å². The topological polar surface area (TPSA) is 112 Å². The Bertz CT molecular complexity index is 389. The smallest absolute Gasteiger partial charge is 0.219 e. The molecule has 15 heavy (non-hydrogen) atoms. The average Bonchev–Trinajstić information content (AvgIpc) is 2.27. The Morgan fingerprint density at radius 3 is 2.80 bits per heavy atom. The van der Waals surface area contributed by atoms with Crippen LogP contribution in [-0.4, -0.2) is 28.4 Å². The molecule has 4 N–H and O–H groups in total. The second kappa shape index (κ2) is 4.59. The van der Waals surface area contributed by atoms with Crippen LogP contribution in [0.5, 0.6) is 5.88 Å². The second-order valence-corrected chi connectivity index (χ2v) is 2.89. The monoisotopic (exact) mass is 209 g/mol. The first-order valence-corrected chi connectivity index (χ1v) is 4.15. The van der Waals surface area contributed by atoms with Gasteiger partial charge in [0, 0.05) is 5.56 Å². The number of hydrogen-bond donors (Lipinski definition) is 3. The number of rotatable bonds is 3. The van der Waals surface area contributed by atoms with E-state index in [2.05, 4.69) is 4.98 Å². The van der Waals surface area contributed by atoms with Crippen LogP contribution >= 0.6 is 0 Å². The number of nitrogens with two attached hydrogens (primary N) is 1. The van der Waals surface area contributed by atoms with E-state index in [9.17, 15) is 5.11 Å². The summed E-state index contributed by atoms with van der Waals surface area (Å²) in [6.07, 6.45) is -1.57. The van der Waals surface area contributed by atoms with Gasteiger partial charge in [-0.15, -0.1) is 0 Å². The highest BCUT2D eigenvalue weighted by Gasteiger charge is 2.22. The third-order valence-electron chi connectivity index (χ3n) is 1.84. The molecule has 1 aromatic rings. The Balaban J connectivity index is 3.12. The maximum Gasteiger partial charge on any atom is 0.219 e. The highest BCUT2D eigenvalue weighted by Crippen LogP contribution is 2.26. The first-order chi connectivity index (χ1) is 7.10. The minimum atomic E-state index is -1.54. The van der Waals surface area contributed by atoms with Crippen molar-refractivity contribution in [3.63, 3.8) is 0 Å². The van der Waals surface area contributed by atoms with Gasteiger partial charge in [-0.2, -0.15) is 5.26 Å². The molecule has 0 amide bonds. The lowest BCUT2D eigenvalue weighted by Gasteiger charge is -2.14. The fraction of sp³-hybridized carbons (Fsp3) is 0.333. The van der Waals surface area contributed by atoms with Gasteiger partial charge in [0.25, 0.3) is 0 Å². The van der Waals surface area contributed by atoms with Crippen LogP contribution in [-0.2, 0) is 0 Å². The van der Waals surface area contributed by atoms with E-state index in [0.29, 0.717) is 5.69 Å². The quantitative estimate of drug-likeness (QED) is 0.583. The Morgan fingerprint density at radius 2 is 2.27 bits per heavy atom. The number of aromatic nitrogens is 1. The van der Waals surface area contributed by atoms with Crippen molar-refractivity contribution < 1.29 is 14.9 Å². The molecule has 1 heterocycles. The van der Waals surface area contributed by atoms with E-state index in [1.54, 1.807) is 0 Å². The average molecular weight is 209 g/mol. The number of nitrogen functional groups attached to an aromatic ring is 1. The predicted octanol–water partition coefficient (Wildman–Crippen LogP) is -0.410. The fourth-order valence-electron chi connectivity index (χ4n) is 1.11. The Hall–Kier alpha value is -1.84. The van der Waals surface area contributed by atoms with Gasteiger partial charge in [0.05, 0.1) is 25.1 Å². The second-order valence-electron chi connectivity index (χ2n) is 2.89. The number of aliphatic hydroxyl groups is 2. The highest BCUT2D eigenvalue weighted by atomic mass is 16.5. The SMILES string of the molecule is COc1ncc(N)cc1C(O)C(O)C#N. The van der Waals surface area contributed by atoms with Crippen LogP contribution in [0, 0.1) is 11.3 Å². The summed E-state index contributed by atoms with van der Waals surface area (Å²) >= 11 is 0. The van der Waals surface area contributed by atoms with Crippen molar-refractivity contribution in [1.29, 1.82) is 5.26 Å². The van der Waals surface area contributed by atoms with Crippen LogP contribution < -0.4 is 10.5 Å². The molecule has 0 aromatic carbocycles. The largest absolute Gasteiger partial charge is 0.481 e. The molecule has 2 atom stereocenters. The summed E-state index contributed by atoms with van der Waals surface area (Å²) in [5.41, 5.74) is 5.97. The first kappa shape index (κ1) is 11.2. The van der Waals surface area contributed by atoms with E-state index in [0.717, 1.165) is 0 Å². The van der Waals surface area contributed by atoms with E-state index < -0.39 is 12.2 Å². The number of ether oxygens (including phenoxy) is 1. The third kappa shape index (κ3) is 2.34. The Labute approximate surface area is 86.5 Å². The van der Waals surface area contributed by atoms with Gasteiger partial charge < -0.3 is 20.7 Å². The molecule has 2 unspecified atom stereocenters. The number of nitrogens with zero attached hydrogens (tertiary/aromatic N) is 2. The molecule has 0 saturated carbocycles. The number of hydrogen-bond acceptors (Lipinski definition) is 6. The van der Waals surface area contributed by atoms with E-state index >= 15 is 0 Å². The van der Waals surface area contributed by atoms with Gasteiger partial charge in [0.15, 0.2) is 6.10 Å². The van der Waals surface area contributed by atoms with Crippen LogP contribution in [0.3, 0.4) is 0 Å². The molecule has 0 saturated heterocycles. The van der Waals surface area contributed by atoms with Gasteiger partial charge in [0.2, 0.25) is 5.88 Å². The molecule has 1 rings (SSSR count). The third-order valence-corrected chi connectivity index (χ3v) is 1.84. The lowest BCUT2D eigenvalue weighted by molar-refractivity contribution is 0.0507. The molecule has 0 bridgehead atoms.